The van der Waals surface area contributed by atoms with Gasteiger partial charge in [-0.3, -0.25) is 4.68 Å². The molecular formula is C16H21N5O2S2. The van der Waals surface area contributed by atoms with E-state index in [1.807, 2.05) is 42.9 Å². The van der Waals surface area contributed by atoms with Crippen molar-refractivity contribution < 1.29 is 8.42 Å². The van der Waals surface area contributed by atoms with E-state index >= 15 is 0 Å². The number of rotatable bonds is 7. The van der Waals surface area contributed by atoms with Crippen molar-refractivity contribution in [3.63, 3.8) is 0 Å². The first-order valence-corrected chi connectivity index (χ1v) is 10.3. The Hall–Kier alpha value is -1.97. The smallest absolute Gasteiger partial charge is 0.259 e. The second-order valence-corrected chi connectivity index (χ2v) is 8.61. The number of imidazole rings is 1. The van der Waals surface area contributed by atoms with Crippen molar-refractivity contribution in [2.45, 2.75) is 30.8 Å². The van der Waals surface area contributed by atoms with Crippen molar-refractivity contribution in [2.75, 3.05) is 6.54 Å². The maximum absolute atomic E-state index is 12.6. The third-order valence-corrected chi connectivity index (χ3v) is 5.92. The zero-order chi connectivity index (χ0) is 18.0. The lowest BCUT2D eigenvalue weighted by molar-refractivity contribution is 0.505. The molecule has 3 aromatic heterocycles. The number of nitrogens with one attached hydrogen (secondary N) is 1. The first-order valence-electron chi connectivity index (χ1n) is 7.92. The van der Waals surface area contributed by atoms with Gasteiger partial charge < -0.3 is 4.57 Å². The average molecular weight is 380 g/mol. The molecule has 0 bridgehead atoms. The molecule has 0 aliphatic carbocycles. The van der Waals surface area contributed by atoms with Crippen LogP contribution in [0.25, 0.3) is 0 Å². The van der Waals surface area contributed by atoms with Gasteiger partial charge in [-0.1, -0.05) is 13.8 Å². The van der Waals surface area contributed by atoms with E-state index in [-0.39, 0.29) is 23.5 Å². The predicted molar refractivity (Wildman–Crippen MR) is 97.2 cm³/mol. The highest BCUT2D eigenvalue weighted by Gasteiger charge is 2.23. The Morgan fingerprint density at radius 3 is 2.72 bits per heavy atom. The van der Waals surface area contributed by atoms with Gasteiger partial charge in [-0.25, -0.2) is 18.1 Å². The Balaban J connectivity index is 1.82. The Morgan fingerprint density at radius 1 is 1.36 bits per heavy atom. The van der Waals surface area contributed by atoms with Crippen LogP contribution in [0.15, 0.2) is 46.5 Å². The van der Waals surface area contributed by atoms with E-state index < -0.39 is 10.0 Å². The van der Waals surface area contributed by atoms with E-state index in [0.717, 1.165) is 11.4 Å². The molecule has 0 aromatic carbocycles. The van der Waals surface area contributed by atoms with Crippen LogP contribution in [0.5, 0.6) is 0 Å². The maximum atomic E-state index is 12.6. The Morgan fingerprint density at radius 2 is 2.16 bits per heavy atom. The quantitative estimate of drug-likeness (QED) is 0.683. The zero-order valence-corrected chi connectivity index (χ0v) is 16.0. The Labute approximate surface area is 151 Å². The number of sulfonamides is 1. The Bertz CT molecular complexity index is 878. The highest BCUT2D eigenvalue weighted by molar-refractivity contribution is 7.89. The van der Waals surface area contributed by atoms with Gasteiger partial charge in [0.1, 0.15) is 5.82 Å². The largest absolute Gasteiger partial charge is 0.336 e. The second kappa shape index (κ2) is 7.11. The molecule has 1 N–H and O–H groups in total. The van der Waals surface area contributed by atoms with Crippen LogP contribution in [0.2, 0.25) is 0 Å². The molecule has 0 unspecified atom stereocenters. The summed E-state index contributed by atoms with van der Waals surface area (Å²) in [5.74, 6) is 0.887. The van der Waals surface area contributed by atoms with Gasteiger partial charge in [0.15, 0.2) is 5.03 Å². The molecule has 9 heteroatoms. The minimum absolute atomic E-state index is 0.0447. The van der Waals surface area contributed by atoms with E-state index in [9.17, 15) is 8.42 Å². The molecule has 0 radical (unpaired) electrons. The molecule has 25 heavy (non-hydrogen) atoms. The number of hydrogen-bond acceptors (Lipinski definition) is 5. The predicted octanol–water partition coefficient (Wildman–Crippen LogP) is 2.37. The lowest BCUT2D eigenvalue weighted by Gasteiger charge is -2.17. The number of aryl methyl sites for hydroxylation is 1. The third-order valence-electron chi connectivity index (χ3n) is 3.92. The zero-order valence-electron chi connectivity index (χ0n) is 14.3. The van der Waals surface area contributed by atoms with Crippen molar-refractivity contribution >= 4 is 21.4 Å². The highest BCUT2D eigenvalue weighted by atomic mass is 32.2. The first kappa shape index (κ1) is 17.8. The summed E-state index contributed by atoms with van der Waals surface area (Å²) in [7, 11) is -1.89. The van der Waals surface area contributed by atoms with Crippen LogP contribution >= 0.6 is 11.3 Å². The van der Waals surface area contributed by atoms with Gasteiger partial charge in [-0.15, -0.1) is 0 Å². The standard InChI is InChI=1S/C16H21N5O2S2/c1-12(2)16-19-15(10-20(16)3)25(22,23)18-9-14(13-5-8-24-11-13)21-7-4-6-17-21/h4-8,10-12,14,18H,9H2,1-3H3/t14-/m0/s1. The van der Waals surface area contributed by atoms with E-state index in [2.05, 4.69) is 14.8 Å². The molecule has 1 atom stereocenters. The first-order chi connectivity index (χ1) is 11.9. The average Bonchev–Trinajstić information content (AvgIpc) is 3.28. The normalized spacial score (nSPS) is 13.4. The van der Waals surface area contributed by atoms with Crippen LogP contribution in [-0.2, 0) is 17.1 Å². The van der Waals surface area contributed by atoms with Crippen LogP contribution in [0.4, 0.5) is 0 Å². The fourth-order valence-electron chi connectivity index (χ4n) is 2.67. The van der Waals surface area contributed by atoms with E-state index in [1.54, 1.807) is 40.0 Å². The topological polar surface area (TPSA) is 81.8 Å². The molecular weight excluding hydrogens is 358 g/mol. The lowest BCUT2D eigenvalue weighted by atomic mass is 10.1. The molecule has 0 saturated carbocycles. The maximum Gasteiger partial charge on any atom is 0.259 e. The van der Waals surface area contributed by atoms with E-state index in [0.29, 0.717) is 0 Å². The summed E-state index contributed by atoms with van der Waals surface area (Å²) in [4.78, 5) is 4.28. The minimum atomic E-state index is -3.69. The van der Waals surface area contributed by atoms with Crippen molar-refractivity contribution in [2.24, 2.45) is 7.05 Å². The minimum Gasteiger partial charge on any atom is -0.336 e. The fraction of sp³-hybridized carbons (Fsp3) is 0.375. The fourth-order valence-corrected chi connectivity index (χ4v) is 4.42. The van der Waals surface area contributed by atoms with Gasteiger partial charge in [0.2, 0.25) is 0 Å². The number of nitrogens with zero attached hydrogens (tertiary/aromatic N) is 4. The van der Waals surface area contributed by atoms with Crippen molar-refractivity contribution in [3.05, 3.63) is 52.9 Å². The summed E-state index contributed by atoms with van der Waals surface area (Å²) in [6.07, 6.45) is 5.06. The molecule has 0 aliphatic heterocycles. The van der Waals surface area contributed by atoms with Gasteiger partial charge in [0.25, 0.3) is 10.0 Å². The molecule has 0 spiro atoms. The van der Waals surface area contributed by atoms with Crippen molar-refractivity contribution in [1.82, 2.24) is 24.1 Å². The molecule has 7 nitrogen and oxygen atoms in total. The second-order valence-electron chi connectivity index (χ2n) is 6.11. The molecule has 134 valence electrons. The summed E-state index contributed by atoms with van der Waals surface area (Å²) >= 11 is 1.57. The molecule has 0 aliphatic rings. The van der Waals surface area contributed by atoms with Crippen LogP contribution in [0.1, 0.15) is 37.2 Å². The van der Waals surface area contributed by atoms with Crippen LogP contribution in [0.3, 0.4) is 0 Å². The summed E-state index contributed by atoms with van der Waals surface area (Å²) in [5, 5.41) is 8.26. The van der Waals surface area contributed by atoms with Gasteiger partial charge in [0, 0.05) is 38.1 Å². The van der Waals surface area contributed by atoms with E-state index in [4.69, 9.17) is 0 Å². The number of thiophene rings is 1. The third kappa shape index (κ3) is 3.83. The summed E-state index contributed by atoms with van der Waals surface area (Å²) in [6, 6.07) is 3.59. The van der Waals surface area contributed by atoms with Gasteiger partial charge in [-0.2, -0.15) is 16.4 Å². The Kier molecular flexibility index (Phi) is 5.07. The summed E-state index contributed by atoms with van der Waals surface area (Å²) in [5.41, 5.74) is 1.01. The summed E-state index contributed by atoms with van der Waals surface area (Å²) in [6.45, 7) is 4.17. The molecule has 3 heterocycles. The molecule has 0 fully saturated rings. The number of hydrogen-bond donors (Lipinski definition) is 1. The van der Waals surface area contributed by atoms with Crippen LogP contribution < -0.4 is 4.72 Å². The summed E-state index contributed by atoms with van der Waals surface area (Å²) < 4.78 is 31.5. The SMILES string of the molecule is CC(C)c1nc(S(=O)(=O)NC[C@@H](c2ccsc2)n2cccn2)cn1C. The monoisotopic (exact) mass is 379 g/mol. The molecule has 3 aromatic rings. The molecule has 0 saturated heterocycles. The van der Waals surface area contributed by atoms with Gasteiger partial charge in [-0.05, 0) is 28.5 Å². The molecule has 3 rings (SSSR count). The van der Waals surface area contributed by atoms with Crippen molar-refractivity contribution in [3.8, 4) is 0 Å². The van der Waals surface area contributed by atoms with Crippen LogP contribution in [-0.4, -0.2) is 34.3 Å². The van der Waals surface area contributed by atoms with Crippen LogP contribution in [0, 0.1) is 0 Å². The number of aromatic nitrogens is 4. The van der Waals surface area contributed by atoms with E-state index in [1.165, 1.54) is 0 Å². The molecule has 0 amide bonds. The van der Waals surface area contributed by atoms with Gasteiger partial charge >= 0.3 is 0 Å². The highest BCUT2D eigenvalue weighted by Crippen LogP contribution is 2.21. The van der Waals surface area contributed by atoms with Gasteiger partial charge in [0.05, 0.1) is 6.04 Å². The lowest BCUT2D eigenvalue weighted by Crippen LogP contribution is -2.31. The van der Waals surface area contributed by atoms with Crippen molar-refractivity contribution in [1.29, 1.82) is 0 Å².